The normalized spacial score (nSPS) is 12.3. The van der Waals surface area contributed by atoms with Crippen LogP contribution < -0.4 is 9.47 Å². The average Bonchev–Trinajstić information content (AvgIpc) is 2.88. The first-order valence-corrected chi connectivity index (χ1v) is 7.92. The van der Waals surface area contributed by atoms with Crippen molar-refractivity contribution in [3.05, 3.63) is 44.1 Å². The molecule has 102 valence electrons. The van der Waals surface area contributed by atoms with Crippen molar-refractivity contribution < 1.29 is 9.47 Å². The van der Waals surface area contributed by atoms with Gasteiger partial charge in [-0.3, -0.25) is 0 Å². The van der Waals surface area contributed by atoms with Crippen LogP contribution in [0.1, 0.15) is 15.3 Å². The molecule has 6 heteroatoms. The molecule has 0 aliphatic rings. The smallest absolute Gasteiger partial charge is 0.138 e. The lowest BCUT2D eigenvalue weighted by atomic mass is 10.1. The third-order valence-corrected chi connectivity index (χ3v) is 5.49. The fourth-order valence-corrected chi connectivity index (χ4v) is 4.12. The van der Waals surface area contributed by atoms with E-state index in [0.717, 1.165) is 16.2 Å². The largest absolute Gasteiger partial charge is 0.496 e. The summed E-state index contributed by atoms with van der Waals surface area (Å²) in [4.78, 5) is 0.976. The molecule has 0 aliphatic carbocycles. The van der Waals surface area contributed by atoms with E-state index in [0.29, 0.717) is 15.8 Å². The Bertz CT molecular complexity index is 586. The molecule has 1 heterocycles. The topological polar surface area (TPSA) is 18.5 Å². The van der Waals surface area contributed by atoms with Gasteiger partial charge < -0.3 is 9.47 Å². The number of thiophene rings is 1. The highest BCUT2D eigenvalue weighted by Crippen LogP contribution is 2.44. The molecule has 0 N–H and O–H groups in total. The molecule has 19 heavy (non-hydrogen) atoms. The zero-order chi connectivity index (χ0) is 14.0. The van der Waals surface area contributed by atoms with Crippen LogP contribution in [0.5, 0.6) is 11.5 Å². The SMILES string of the molecule is COc1cc(Cl)c(C(Br)c2sccc2OC)cc1Cl. The summed E-state index contributed by atoms with van der Waals surface area (Å²) < 4.78 is 10.5. The molecule has 0 amide bonds. The van der Waals surface area contributed by atoms with Gasteiger partial charge in [-0.1, -0.05) is 39.1 Å². The monoisotopic (exact) mass is 380 g/mol. The van der Waals surface area contributed by atoms with Crippen LogP contribution in [0.3, 0.4) is 0 Å². The second kappa shape index (κ2) is 6.35. The van der Waals surface area contributed by atoms with Crippen LogP contribution in [0.15, 0.2) is 23.6 Å². The Hall–Kier alpha value is -0.420. The van der Waals surface area contributed by atoms with Crippen LogP contribution in [0.25, 0.3) is 0 Å². The summed E-state index contributed by atoms with van der Waals surface area (Å²) in [7, 11) is 3.21. The predicted octanol–water partition coefficient (Wildman–Crippen LogP) is 5.56. The maximum Gasteiger partial charge on any atom is 0.138 e. The first-order valence-electron chi connectivity index (χ1n) is 5.36. The van der Waals surface area contributed by atoms with Gasteiger partial charge in [0.15, 0.2) is 0 Å². The highest BCUT2D eigenvalue weighted by atomic mass is 79.9. The van der Waals surface area contributed by atoms with Crippen LogP contribution in [-0.2, 0) is 0 Å². The molecule has 0 radical (unpaired) electrons. The van der Waals surface area contributed by atoms with Crippen molar-refractivity contribution in [2.45, 2.75) is 4.83 Å². The molecule has 2 rings (SSSR count). The van der Waals surface area contributed by atoms with E-state index < -0.39 is 0 Å². The number of halogens is 3. The summed E-state index contributed by atoms with van der Waals surface area (Å²) in [5, 5.41) is 3.10. The van der Waals surface area contributed by atoms with Crippen molar-refractivity contribution in [2.24, 2.45) is 0 Å². The fraction of sp³-hybridized carbons (Fsp3) is 0.231. The molecular formula is C13H11BrCl2O2S. The molecule has 1 unspecified atom stereocenters. The van der Waals surface area contributed by atoms with E-state index in [1.165, 1.54) is 0 Å². The molecule has 1 aromatic heterocycles. The highest BCUT2D eigenvalue weighted by molar-refractivity contribution is 9.09. The lowest BCUT2D eigenvalue weighted by molar-refractivity contribution is 0.412. The van der Waals surface area contributed by atoms with Crippen molar-refractivity contribution in [3.63, 3.8) is 0 Å². The van der Waals surface area contributed by atoms with Gasteiger partial charge >= 0.3 is 0 Å². The van der Waals surface area contributed by atoms with E-state index in [1.807, 2.05) is 11.4 Å². The predicted molar refractivity (Wildman–Crippen MR) is 84.7 cm³/mol. The van der Waals surface area contributed by atoms with E-state index in [1.54, 1.807) is 37.7 Å². The van der Waals surface area contributed by atoms with E-state index in [4.69, 9.17) is 32.7 Å². The minimum Gasteiger partial charge on any atom is -0.496 e. The van der Waals surface area contributed by atoms with Crippen LogP contribution in [0.2, 0.25) is 10.0 Å². The average molecular weight is 382 g/mol. The van der Waals surface area contributed by atoms with Crippen LogP contribution in [-0.4, -0.2) is 14.2 Å². The number of rotatable bonds is 4. The third-order valence-electron chi connectivity index (χ3n) is 2.65. The summed E-state index contributed by atoms with van der Waals surface area (Å²) in [6, 6.07) is 5.45. The quantitative estimate of drug-likeness (QED) is 0.645. The number of alkyl halides is 1. The first kappa shape index (κ1) is 15.0. The number of ether oxygens (including phenoxy) is 2. The summed E-state index contributed by atoms with van der Waals surface area (Å²) in [5.74, 6) is 1.39. The summed E-state index contributed by atoms with van der Waals surface area (Å²) >= 11 is 17.7. The fourth-order valence-electron chi connectivity index (χ4n) is 1.70. The minimum atomic E-state index is -0.0710. The Morgan fingerprint density at radius 3 is 2.42 bits per heavy atom. The molecule has 1 atom stereocenters. The van der Waals surface area contributed by atoms with E-state index >= 15 is 0 Å². The molecule has 0 spiro atoms. The molecular weight excluding hydrogens is 371 g/mol. The van der Waals surface area contributed by atoms with Crippen molar-refractivity contribution in [1.82, 2.24) is 0 Å². The molecule has 0 bridgehead atoms. The van der Waals surface area contributed by atoms with E-state index in [9.17, 15) is 0 Å². The summed E-state index contributed by atoms with van der Waals surface area (Å²) in [5.41, 5.74) is 0.883. The van der Waals surface area contributed by atoms with Crippen molar-refractivity contribution in [1.29, 1.82) is 0 Å². The van der Waals surface area contributed by atoms with Crippen molar-refractivity contribution in [2.75, 3.05) is 14.2 Å². The molecule has 1 aromatic carbocycles. The maximum atomic E-state index is 6.28. The third kappa shape index (κ3) is 3.02. The summed E-state index contributed by atoms with van der Waals surface area (Å²) in [6.45, 7) is 0. The van der Waals surface area contributed by atoms with Gasteiger partial charge in [-0.25, -0.2) is 0 Å². The Labute approximate surface area is 134 Å². The Balaban J connectivity index is 2.44. The lowest BCUT2D eigenvalue weighted by Crippen LogP contribution is -1.95. The van der Waals surface area contributed by atoms with Crippen LogP contribution in [0, 0.1) is 0 Å². The first-order chi connectivity index (χ1) is 9.08. The number of hydrogen-bond donors (Lipinski definition) is 0. The van der Waals surface area contributed by atoms with E-state index in [-0.39, 0.29) is 4.83 Å². The second-order valence-corrected chi connectivity index (χ2v) is 6.40. The minimum absolute atomic E-state index is 0.0710. The van der Waals surface area contributed by atoms with Gasteiger partial charge in [0.2, 0.25) is 0 Å². The second-order valence-electron chi connectivity index (χ2n) is 3.72. The van der Waals surface area contributed by atoms with Gasteiger partial charge in [0.1, 0.15) is 11.5 Å². The van der Waals surface area contributed by atoms with Crippen molar-refractivity contribution >= 4 is 50.5 Å². The molecule has 0 saturated heterocycles. The molecule has 2 aromatic rings. The zero-order valence-electron chi connectivity index (χ0n) is 10.2. The van der Waals surface area contributed by atoms with Gasteiger partial charge in [0, 0.05) is 11.1 Å². The highest BCUT2D eigenvalue weighted by Gasteiger charge is 2.21. The van der Waals surface area contributed by atoms with Gasteiger partial charge in [-0.2, -0.15) is 0 Å². The molecule has 2 nitrogen and oxygen atoms in total. The van der Waals surface area contributed by atoms with Crippen LogP contribution >= 0.6 is 50.5 Å². The molecule has 0 fully saturated rings. The number of benzene rings is 1. The van der Waals surface area contributed by atoms with Gasteiger partial charge in [0.25, 0.3) is 0 Å². The van der Waals surface area contributed by atoms with Gasteiger partial charge in [0.05, 0.1) is 28.9 Å². The molecule has 0 aliphatic heterocycles. The Kier molecular flexibility index (Phi) is 5.01. The van der Waals surface area contributed by atoms with Gasteiger partial charge in [-0.15, -0.1) is 11.3 Å². The van der Waals surface area contributed by atoms with Crippen LogP contribution in [0.4, 0.5) is 0 Å². The number of hydrogen-bond acceptors (Lipinski definition) is 3. The van der Waals surface area contributed by atoms with E-state index in [2.05, 4.69) is 15.9 Å². The standard InChI is InChI=1S/C13H11BrCl2O2S/c1-17-10-3-4-19-13(10)12(14)7-5-9(16)11(18-2)6-8(7)15/h3-6,12H,1-2H3. The molecule has 0 saturated carbocycles. The van der Waals surface area contributed by atoms with Gasteiger partial charge in [-0.05, 0) is 23.1 Å². The number of methoxy groups -OCH3 is 2. The Morgan fingerprint density at radius 1 is 1.11 bits per heavy atom. The summed E-state index contributed by atoms with van der Waals surface area (Å²) in [6.07, 6.45) is 0. The Morgan fingerprint density at radius 2 is 1.79 bits per heavy atom. The maximum absolute atomic E-state index is 6.28. The lowest BCUT2D eigenvalue weighted by Gasteiger charge is -2.14. The van der Waals surface area contributed by atoms with Crippen molar-refractivity contribution in [3.8, 4) is 11.5 Å². The zero-order valence-corrected chi connectivity index (χ0v) is 14.2.